The van der Waals surface area contributed by atoms with Gasteiger partial charge in [-0.3, -0.25) is 4.79 Å². The number of rotatable bonds is 5. The molecule has 4 nitrogen and oxygen atoms in total. The second-order valence-corrected chi connectivity index (χ2v) is 5.86. The molecule has 0 bridgehead atoms. The maximum Gasteiger partial charge on any atom is 0.307 e. The molecular formula is C20H22ClNO3. The second kappa shape index (κ2) is 8.70. The zero-order valence-corrected chi connectivity index (χ0v) is 14.9. The van der Waals surface area contributed by atoms with Gasteiger partial charge in [0.05, 0.1) is 6.42 Å². The molecule has 5 heteroatoms. The summed E-state index contributed by atoms with van der Waals surface area (Å²) in [6.07, 6.45) is 3.11. The Morgan fingerprint density at radius 3 is 2.80 bits per heavy atom. The summed E-state index contributed by atoms with van der Waals surface area (Å²) in [5, 5.41) is 12.2. The van der Waals surface area contributed by atoms with E-state index >= 15 is 0 Å². The molecule has 0 unspecified atom stereocenters. The molecular weight excluding hydrogens is 338 g/mol. The van der Waals surface area contributed by atoms with Gasteiger partial charge >= 0.3 is 5.97 Å². The van der Waals surface area contributed by atoms with E-state index in [1.165, 1.54) is 0 Å². The van der Waals surface area contributed by atoms with E-state index in [0.29, 0.717) is 6.61 Å². The van der Waals surface area contributed by atoms with E-state index in [4.69, 9.17) is 9.84 Å². The van der Waals surface area contributed by atoms with Gasteiger partial charge in [0.25, 0.3) is 0 Å². The average molecular weight is 360 g/mol. The standard InChI is InChI=1S/C20H21NO3.ClH/c1-21-10-4-7-17-16-6-3-2-5-15(16)13-24-19-9-8-14(11-18(17)19)12-20(22)23;/h2-3,5-9,11,21H,4,10,12-13H2,1H3,(H,22,23);1H/b17-7-;. The first-order valence-corrected chi connectivity index (χ1v) is 8.10. The van der Waals surface area contributed by atoms with E-state index in [1.54, 1.807) is 0 Å². The van der Waals surface area contributed by atoms with Crippen LogP contribution in [0.1, 0.15) is 28.7 Å². The van der Waals surface area contributed by atoms with Crippen LogP contribution in [0.4, 0.5) is 0 Å². The topological polar surface area (TPSA) is 58.6 Å². The van der Waals surface area contributed by atoms with Gasteiger partial charge in [0.15, 0.2) is 0 Å². The maximum absolute atomic E-state index is 11.0. The molecule has 0 spiro atoms. The summed E-state index contributed by atoms with van der Waals surface area (Å²) in [5.74, 6) is -0.0263. The van der Waals surface area contributed by atoms with Crippen LogP contribution in [0.25, 0.3) is 5.57 Å². The predicted octanol–water partition coefficient (Wildman–Crippen LogP) is 3.67. The second-order valence-electron chi connectivity index (χ2n) is 5.86. The van der Waals surface area contributed by atoms with Crippen molar-refractivity contribution in [2.45, 2.75) is 19.4 Å². The number of benzene rings is 2. The van der Waals surface area contributed by atoms with Crippen LogP contribution in [-0.4, -0.2) is 24.7 Å². The van der Waals surface area contributed by atoms with Crippen molar-refractivity contribution in [3.8, 4) is 5.75 Å². The lowest BCUT2D eigenvalue weighted by Gasteiger charge is -2.12. The quantitative estimate of drug-likeness (QED) is 0.800. The number of nitrogens with one attached hydrogen (secondary N) is 1. The monoisotopic (exact) mass is 359 g/mol. The van der Waals surface area contributed by atoms with Gasteiger partial charge in [-0.1, -0.05) is 36.4 Å². The molecule has 132 valence electrons. The van der Waals surface area contributed by atoms with Crippen LogP contribution >= 0.6 is 12.4 Å². The Hall–Kier alpha value is -2.30. The molecule has 2 N–H and O–H groups in total. The van der Waals surface area contributed by atoms with Crippen molar-refractivity contribution in [1.82, 2.24) is 5.32 Å². The lowest BCUT2D eigenvalue weighted by atomic mass is 9.92. The van der Waals surface area contributed by atoms with Crippen molar-refractivity contribution < 1.29 is 14.6 Å². The van der Waals surface area contributed by atoms with Gasteiger partial charge in [0.2, 0.25) is 0 Å². The Kier molecular flexibility index (Phi) is 6.62. The molecule has 0 aliphatic carbocycles. The fraction of sp³-hybridized carbons (Fsp3) is 0.250. The van der Waals surface area contributed by atoms with Crippen LogP contribution in [0.2, 0.25) is 0 Å². The molecule has 0 fully saturated rings. The highest BCUT2D eigenvalue weighted by atomic mass is 35.5. The maximum atomic E-state index is 11.0. The zero-order chi connectivity index (χ0) is 16.9. The molecule has 2 aromatic rings. The summed E-state index contributed by atoms with van der Waals surface area (Å²) >= 11 is 0. The molecule has 0 saturated heterocycles. The van der Waals surface area contributed by atoms with Gasteiger partial charge in [-0.25, -0.2) is 0 Å². The summed E-state index contributed by atoms with van der Waals surface area (Å²) in [7, 11) is 1.93. The SMILES string of the molecule is CNCC/C=C1/c2ccccc2COc2ccc(CC(=O)O)cc21.Cl. The summed E-state index contributed by atoms with van der Waals surface area (Å²) < 4.78 is 5.97. The number of ether oxygens (including phenoxy) is 1. The highest BCUT2D eigenvalue weighted by molar-refractivity contribution is 5.86. The van der Waals surface area contributed by atoms with Crippen molar-refractivity contribution >= 4 is 23.9 Å². The molecule has 0 amide bonds. The number of carboxylic acid groups (broad SMARTS) is 1. The van der Waals surface area contributed by atoms with Gasteiger partial charge in [-0.05, 0) is 54.4 Å². The predicted molar refractivity (Wildman–Crippen MR) is 101 cm³/mol. The Bertz CT molecular complexity index is 786. The van der Waals surface area contributed by atoms with Gasteiger partial charge < -0.3 is 15.2 Å². The van der Waals surface area contributed by atoms with Crippen molar-refractivity contribution in [1.29, 1.82) is 0 Å². The summed E-state index contributed by atoms with van der Waals surface area (Å²) in [5.41, 5.74) is 5.16. The Morgan fingerprint density at radius 2 is 2.04 bits per heavy atom. The molecule has 25 heavy (non-hydrogen) atoms. The van der Waals surface area contributed by atoms with E-state index in [1.807, 2.05) is 37.4 Å². The minimum Gasteiger partial charge on any atom is -0.488 e. The minimum absolute atomic E-state index is 0. The number of halogens is 1. The molecule has 2 aromatic carbocycles. The smallest absolute Gasteiger partial charge is 0.307 e. The molecule has 3 rings (SSSR count). The third-order valence-electron chi connectivity index (χ3n) is 4.12. The van der Waals surface area contributed by atoms with Gasteiger partial charge in [0, 0.05) is 5.56 Å². The number of aliphatic carboxylic acids is 1. The zero-order valence-electron chi connectivity index (χ0n) is 14.1. The largest absolute Gasteiger partial charge is 0.488 e. The van der Waals surface area contributed by atoms with Crippen LogP contribution in [0.5, 0.6) is 5.75 Å². The fourth-order valence-corrected chi connectivity index (χ4v) is 2.99. The molecule has 0 aromatic heterocycles. The third-order valence-corrected chi connectivity index (χ3v) is 4.12. The van der Waals surface area contributed by atoms with Gasteiger partial charge in [-0.15, -0.1) is 12.4 Å². The van der Waals surface area contributed by atoms with Crippen molar-refractivity contribution in [3.05, 3.63) is 70.8 Å². The molecule has 1 aliphatic heterocycles. The first-order valence-electron chi connectivity index (χ1n) is 8.10. The minimum atomic E-state index is -0.828. The first-order chi connectivity index (χ1) is 11.7. The van der Waals surface area contributed by atoms with E-state index in [9.17, 15) is 4.79 Å². The third kappa shape index (κ3) is 4.41. The lowest BCUT2D eigenvalue weighted by molar-refractivity contribution is -0.136. The van der Waals surface area contributed by atoms with Crippen LogP contribution in [0, 0.1) is 0 Å². The highest BCUT2D eigenvalue weighted by Crippen LogP contribution is 2.37. The Labute approximate surface area is 153 Å². The van der Waals surface area contributed by atoms with Crippen molar-refractivity contribution in [3.63, 3.8) is 0 Å². The van der Waals surface area contributed by atoms with Crippen LogP contribution in [0.15, 0.2) is 48.5 Å². The number of carboxylic acids is 1. The van der Waals surface area contributed by atoms with Crippen LogP contribution in [0.3, 0.4) is 0 Å². The van der Waals surface area contributed by atoms with Gasteiger partial charge in [0.1, 0.15) is 12.4 Å². The lowest BCUT2D eigenvalue weighted by Crippen LogP contribution is -2.06. The first kappa shape index (κ1) is 19.0. The average Bonchev–Trinajstić information content (AvgIpc) is 2.72. The van der Waals surface area contributed by atoms with Crippen molar-refractivity contribution in [2.75, 3.05) is 13.6 Å². The number of hydrogen-bond acceptors (Lipinski definition) is 3. The van der Waals surface area contributed by atoms with Gasteiger partial charge in [-0.2, -0.15) is 0 Å². The number of hydrogen-bond donors (Lipinski definition) is 2. The Balaban J connectivity index is 0.00000225. The van der Waals surface area contributed by atoms with E-state index in [-0.39, 0.29) is 18.8 Å². The fourth-order valence-electron chi connectivity index (χ4n) is 2.99. The summed E-state index contributed by atoms with van der Waals surface area (Å²) in [6.45, 7) is 1.40. The number of carbonyl (C=O) groups is 1. The molecule has 1 aliphatic rings. The van der Waals surface area contributed by atoms with E-state index in [0.717, 1.165) is 46.5 Å². The van der Waals surface area contributed by atoms with E-state index in [2.05, 4.69) is 23.5 Å². The molecule has 1 heterocycles. The van der Waals surface area contributed by atoms with Crippen LogP contribution in [-0.2, 0) is 17.8 Å². The molecule has 0 radical (unpaired) electrons. The van der Waals surface area contributed by atoms with Crippen LogP contribution < -0.4 is 10.1 Å². The Morgan fingerprint density at radius 1 is 1.24 bits per heavy atom. The van der Waals surface area contributed by atoms with E-state index < -0.39 is 5.97 Å². The van der Waals surface area contributed by atoms with Crippen molar-refractivity contribution in [2.24, 2.45) is 0 Å². The summed E-state index contributed by atoms with van der Waals surface area (Å²) in [6, 6.07) is 13.9. The number of fused-ring (bicyclic) bond motifs is 2. The molecule has 0 saturated carbocycles. The summed E-state index contributed by atoms with van der Waals surface area (Å²) in [4.78, 5) is 11.0. The highest BCUT2D eigenvalue weighted by Gasteiger charge is 2.19. The normalized spacial score (nSPS) is 13.9. The molecule has 0 atom stereocenters.